The minimum absolute atomic E-state index is 0.0237. The van der Waals surface area contributed by atoms with Crippen LogP contribution in [0.3, 0.4) is 0 Å². The fraction of sp³-hybridized carbons (Fsp3) is 0.250. The van der Waals surface area contributed by atoms with Crippen molar-refractivity contribution in [2.75, 3.05) is 18.8 Å². The van der Waals surface area contributed by atoms with Crippen LogP contribution in [-0.2, 0) is 11.3 Å². The second-order valence-electron chi connectivity index (χ2n) is 12.1. The average molecular weight is 625 g/mol. The first-order valence-electron chi connectivity index (χ1n) is 15.2. The summed E-state index contributed by atoms with van der Waals surface area (Å²) < 4.78 is 47.2. The van der Waals surface area contributed by atoms with Crippen molar-refractivity contribution in [1.29, 1.82) is 0 Å². The summed E-state index contributed by atoms with van der Waals surface area (Å²) >= 11 is 0. The SMILES string of the molecule is Nc1ccc([C@H]2C[C@@H]2C(=O)NCc2cc3cc(-c4ccc(C(=O)N5CCC(F)(F)CC5)cc4)cc(-c4ccc(F)cc4)c3o2)cn1. The lowest BCUT2D eigenvalue weighted by Gasteiger charge is -2.31. The molecule has 5 aromatic rings. The Balaban J connectivity index is 1.12. The van der Waals surface area contributed by atoms with Gasteiger partial charge in [-0.3, -0.25) is 9.59 Å². The van der Waals surface area contributed by atoms with E-state index < -0.39 is 5.92 Å². The monoisotopic (exact) mass is 624 g/mol. The van der Waals surface area contributed by atoms with Crippen LogP contribution < -0.4 is 11.1 Å². The molecule has 2 amide bonds. The van der Waals surface area contributed by atoms with E-state index >= 15 is 0 Å². The van der Waals surface area contributed by atoms with Crippen LogP contribution in [0.4, 0.5) is 19.0 Å². The maximum absolute atomic E-state index is 13.8. The molecule has 1 saturated carbocycles. The standard InChI is InChI=1S/C36H31F3N4O3/c37-27-8-5-22(6-9-27)30-17-25(21-1-3-23(4-2-21)35(45)43-13-11-36(38,39)12-14-43)15-26-16-28(46-33(26)30)20-42-34(44)31-18-29(31)24-7-10-32(40)41-19-24/h1-10,15-17,19,29,31H,11-14,18,20H2,(H2,40,41)(H,42,44)/t29-,31+/m1/s1. The Morgan fingerprint density at radius 3 is 2.35 bits per heavy atom. The molecule has 10 heteroatoms. The number of hydrogen-bond donors (Lipinski definition) is 2. The van der Waals surface area contributed by atoms with Gasteiger partial charge in [0.05, 0.1) is 6.54 Å². The number of nitrogens with two attached hydrogens (primary N) is 1. The number of pyridine rings is 1. The van der Waals surface area contributed by atoms with Gasteiger partial charge in [-0.05, 0) is 83.1 Å². The highest BCUT2D eigenvalue weighted by Gasteiger charge is 2.44. The van der Waals surface area contributed by atoms with Crippen LogP contribution in [0.2, 0.25) is 0 Å². The Morgan fingerprint density at radius 1 is 0.935 bits per heavy atom. The van der Waals surface area contributed by atoms with Crippen molar-refractivity contribution in [2.45, 2.75) is 37.6 Å². The number of piperidine rings is 1. The van der Waals surface area contributed by atoms with Gasteiger partial charge in [0.25, 0.3) is 11.8 Å². The molecule has 7 rings (SSSR count). The number of likely N-dealkylation sites (tertiary alicyclic amines) is 1. The van der Waals surface area contributed by atoms with Gasteiger partial charge in [0.1, 0.15) is 23.0 Å². The number of carbonyl (C=O) groups is 2. The minimum Gasteiger partial charge on any atom is -0.459 e. The Kier molecular flexibility index (Phi) is 7.50. The van der Waals surface area contributed by atoms with E-state index in [9.17, 15) is 22.8 Å². The topological polar surface area (TPSA) is 101 Å². The third-order valence-corrected chi connectivity index (χ3v) is 8.87. The lowest BCUT2D eigenvalue weighted by Crippen LogP contribution is -2.42. The Hall–Kier alpha value is -5.12. The van der Waals surface area contributed by atoms with Gasteiger partial charge < -0.3 is 20.4 Å². The Bertz CT molecular complexity index is 1910. The molecule has 1 saturated heterocycles. The average Bonchev–Trinajstić information content (AvgIpc) is 3.75. The number of carbonyl (C=O) groups excluding carboxylic acids is 2. The van der Waals surface area contributed by atoms with Gasteiger partial charge in [0, 0.05) is 54.6 Å². The largest absolute Gasteiger partial charge is 0.459 e. The highest BCUT2D eigenvalue weighted by molar-refractivity contribution is 5.98. The zero-order chi connectivity index (χ0) is 32.0. The van der Waals surface area contributed by atoms with Crippen molar-refractivity contribution < 1.29 is 27.2 Å². The molecule has 0 unspecified atom stereocenters. The predicted octanol–water partition coefficient (Wildman–Crippen LogP) is 7.17. The van der Waals surface area contributed by atoms with Gasteiger partial charge in [-0.2, -0.15) is 0 Å². The molecule has 2 aliphatic rings. The first-order chi connectivity index (χ1) is 22.1. The summed E-state index contributed by atoms with van der Waals surface area (Å²) in [6, 6.07) is 22.6. The van der Waals surface area contributed by atoms with E-state index in [4.69, 9.17) is 10.2 Å². The second-order valence-corrected chi connectivity index (χ2v) is 12.1. The molecule has 3 heterocycles. The number of nitrogen functional groups attached to an aromatic ring is 1. The number of nitrogens with zero attached hydrogens (tertiary/aromatic N) is 2. The number of amides is 2. The quantitative estimate of drug-likeness (QED) is 0.200. The van der Waals surface area contributed by atoms with Gasteiger partial charge in [0.15, 0.2) is 0 Å². The third kappa shape index (κ3) is 6.07. The van der Waals surface area contributed by atoms with Crippen LogP contribution in [0, 0.1) is 11.7 Å². The Morgan fingerprint density at radius 2 is 1.65 bits per heavy atom. The van der Waals surface area contributed by atoms with Gasteiger partial charge in [0.2, 0.25) is 5.91 Å². The van der Waals surface area contributed by atoms with Gasteiger partial charge >= 0.3 is 0 Å². The number of rotatable bonds is 7. The first-order valence-corrected chi connectivity index (χ1v) is 15.2. The van der Waals surface area contributed by atoms with Crippen LogP contribution in [0.15, 0.2) is 89.5 Å². The number of furan rings is 1. The zero-order valence-corrected chi connectivity index (χ0v) is 24.8. The molecule has 0 bridgehead atoms. The second kappa shape index (κ2) is 11.7. The molecule has 46 heavy (non-hydrogen) atoms. The number of nitrogens with one attached hydrogen (secondary N) is 1. The molecule has 7 nitrogen and oxygen atoms in total. The van der Waals surface area contributed by atoms with E-state index in [1.54, 1.807) is 36.5 Å². The highest BCUT2D eigenvalue weighted by atomic mass is 19.3. The molecule has 234 valence electrons. The lowest BCUT2D eigenvalue weighted by atomic mass is 9.96. The smallest absolute Gasteiger partial charge is 0.253 e. The number of anilines is 1. The van der Waals surface area contributed by atoms with Gasteiger partial charge in [-0.25, -0.2) is 18.2 Å². The van der Waals surface area contributed by atoms with Crippen molar-refractivity contribution in [3.63, 3.8) is 0 Å². The van der Waals surface area contributed by atoms with Crippen molar-refractivity contribution in [2.24, 2.45) is 5.92 Å². The van der Waals surface area contributed by atoms with E-state index in [-0.39, 0.29) is 61.9 Å². The van der Waals surface area contributed by atoms with Crippen molar-refractivity contribution >= 4 is 28.6 Å². The lowest BCUT2D eigenvalue weighted by molar-refractivity contribution is -0.122. The van der Waals surface area contributed by atoms with E-state index in [1.807, 2.05) is 36.4 Å². The molecular weight excluding hydrogens is 593 g/mol. The fourth-order valence-electron chi connectivity index (χ4n) is 6.12. The van der Waals surface area contributed by atoms with Gasteiger partial charge in [-0.15, -0.1) is 0 Å². The maximum atomic E-state index is 13.8. The molecule has 2 atom stereocenters. The number of hydrogen-bond acceptors (Lipinski definition) is 5. The first kappa shape index (κ1) is 29.6. The molecule has 1 aliphatic heterocycles. The zero-order valence-electron chi connectivity index (χ0n) is 24.8. The molecule has 2 fully saturated rings. The van der Waals surface area contributed by atoms with Gasteiger partial charge in [-0.1, -0.05) is 30.3 Å². The number of halogens is 3. The summed E-state index contributed by atoms with van der Waals surface area (Å²) in [5.41, 5.74) is 10.9. The summed E-state index contributed by atoms with van der Waals surface area (Å²) in [7, 11) is 0. The van der Waals surface area contributed by atoms with Crippen LogP contribution >= 0.6 is 0 Å². The fourth-order valence-corrected chi connectivity index (χ4v) is 6.12. The minimum atomic E-state index is -2.73. The summed E-state index contributed by atoms with van der Waals surface area (Å²) in [6.07, 6.45) is 1.79. The molecule has 0 spiro atoms. The number of benzene rings is 3. The molecule has 1 aliphatic carbocycles. The van der Waals surface area contributed by atoms with Crippen LogP contribution in [0.25, 0.3) is 33.2 Å². The van der Waals surface area contributed by atoms with E-state index in [1.165, 1.54) is 17.0 Å². The summed E-state index contributed by atoms with van der Waals surface area (Å²) in [5.74, 6) is -2.42. The molecular formula is C36H31F3N4O3. The molecule has 3 N–H and O–H groups in total. The summed E-state index contributed by atoms with van der Waals surface area (Å²) in [6.45, 7) is 0.250. The van der Waals surface area contributed by atoms with Crippen LogP contribution in [-0.4, -0.2) is 40.7 Å². The molecule has 3 aromatic carbocycles. The Labute approximate surface area is 263 Å². The van der Waals surface area contributed by atoms with E-state index in [0.29, 0.717) is 22.7 Å². The summed E-state index contributed by atoms with van der Waals surface area (Å²) in [5, 5.41) is 3.79. The highest BCUT2D eigenvalue weighted by Crippen LogP contribution is 2.47. The van der Waals surface area contributed by atoms with E-state index in [2.05, 4.69) is 10.3 Å². The van der Waals surface area contributed by atoms with Crippen LogP contribution in [0.1, 0.15) is 46.9 Å². The molecule has 0 radical (unpaired) electrons. The maximum Gasteiger partial charge on any atom is 0.253 e. The number of aromatic nitrogens is 1. The molecule has 2 aromatic heterocycles. The van der Waals surface area contributed by atoms with Crippen molar-refractivity contribution in [1.82, 2.24) is 15.2 Å². The summed E-state index contributed by atoms with van der Waals surface area (Å²) in [4.78, 5) is 31.5. The van der Waals surface area contributed by atoms with E-state index in [0.717, 1.165) is 39.6 Å². The predicted molar refractivity (Wildman–Crippen MR) is 168 cm³/mol. The van der Waals surface area contributed by atoms with Crippen molar-refractivity contribution in [3.05, 3.63) is 108 Å². The van der Waals surface area contributed by atoms with Crippen LogP contribution in [0.5, 0.6) is 0 Å². The number of alkyl halides is 2. The van der Waals surface area contributed by atoms with Crippen molar-refractivity contribution in [3.8, 4) is 22.3 Å². The third-order valence-electron chi connectivity index (χ3n) is 8.87. The number of fused-ring (bicyclic) bond motifs is 1. The normalized spacial score (nSPS) is 18.8.